The van der Waals surface area contributed by atoms with Crippen LogP contribution in [-0.4, -0.2) is 39.6 Å². The minimum absolute atomic E-state index is 0.572. The van der Waals surface area contributed by atoms with Gasteiger partial charge in [-0.1, -0.05) is 11.6 Å². The highest BCUT2D eigenvalue weighted by molar-refractivity contribution is 6.30. The zero-order chi connectivity index (χ0) is 16.4. The summed E-state index contributed by atoms with van der Waals surface area (Å²) >= 11 is 5.93. The number of piperidine rings is 1. The first-order valence-corrected chi connectivity index (χ1v) is 8.56. The van der Waals surface area contributed by atoms with Gasteiger partial charge in [-0.05, 0) is 43.0 Å². The van der Waals surface area contributed by atoms with Gasteiger partial charge in [-0.25, -0.2) is 15.0 Å². The topological polar surface area (TPSA) is 69.7 Å². The molecule has 1 aliphatic heterocycles. The highest BCUT2D eigenvalue weighted by Gasteiger charge is 2.23. The van der Waals surface area contributed by atoms with Crippen LogP contribution < -0.4 is 10.2 Å². The van der Waals surface area contributed by atoms with Gasteiger partial charge < -0.3 is 15.2 Å². The number of aromatic nitrogens is 4. The number of benzene rings is 1. The van der Waals surface area contributed by atoms with E-state index in [-0.39, 0.29) is 0 Å². The van der Waals surface area contributed by atoms with E-state index in [1.165, 1.54) is 6.42 Å². The summed E-state index contributed by atoms with van der Waals surface area (Å²) in [6.07, 6.45) is 5.64. The lowest BCUT2D eigenvalue weighted by Crippen LogP contribution is -2.38. The molecule has 0 bridgehead atoms. The number of anilines is 2. The maximum absolute atomic E-state index is 5.93. The zero-order valence-electron chi connectivity index (χ0n) is 13.2. The van der Waals surface area contributed by atoms with E-state index < -0.39 is 0 Å². The van der Waals surface area contributed by atoms with Gasteiger partial charge in [0.05, 0.1) is 6.33 Å². The number of halogens is 1. The molecule has 4 rings (SSSR count). The van der Waals surface area contributed by atoms with Crippen LogP contribution in [0.2, 0.25) is 5.02 Å². The molecule has 24 heavy (non-hydrogen) atoms. The molecule has 1 atom stereocenters. The summed E-state index contributed by atoms with van der Waals surface area (Å²) in [5.41, 5.74) is 2.75. The van der Waals surface area contributed by atoms with Crippen molar-refractivity contribution in [3.63, 3.8) is 0 Å². The third-order valence-electron chi connectivity index (χ3n) is 4.46. The maximum Gasteiger partial charge on any atom is 0.182 e. The van der Waals surface area contributed by atoms with Crippen molar-refractivity contribution in [3.8, 4) is 0 Å². The Kier molecular flexibility index (Phi) is 4.21. The summed E-state index contributed by atoms with van der Waals surface area (Å²) in [5.74, 6) is 1.52. The van der Waals surface area contributed by atoms with E-state index in [2.05, 4.69) is 30.2 Å². The Bertz CT molecular complexity index is 815. The molecule has 2 N–H and O–H groups in total. The van der Waals surface area contributed by atoms with Crippen LogP contribution in [0.15, 0.2) is 36.9 Å². The van der Waals surface area contributed by atoms with Crippen LogP contribution in [0.25, 0.3) is 11.2 Å². The lowest BCUT2D eigenvalue weighted by molar-refractivity contribution is 0.431. The largest absolute Gasteiger partial charge is 0.385 e. The summed E-state index contributed by atoms with van der Waals surface area (Å²) < 4.78 is 0. The minimum atomic E-state index is 0.572. The number of imidazole rings is 1. The van der Waals surface area contributed by atoms with Gasteiger partial charge in [-0.15, -0.1) is 0 Å². The SMILES string of the molecule is Clc1ccc(NCC2CCCN(c3ncnc4nc[nH]c34)C2)cc1. The fourth-order valence-electron chi connectivity index (χ4n) is 3.25. The van der Waals surface area contributed by atoms with Crippen LogP contribution in [0, 0.1) is 5.92 Å². The molecule has 0 amide bonds. The highest BCUT2D eigenvalue weighted by Crippen LogP contribution is 2.26. The van der Waals surface area contributed by atoms with Crippen LogP contribution in [0.1, 0.15) is 12.8 Å². The van der Waals surface area contributed by atoms with Crippen molar-refractivity contribution < 1.29 is 0 Å². The Balaban J connectivity index is 1.44. The molecule has 0 saturated carbocycles. The van der Waals surface area contributed by atoms with Crippen LogP contribution in [-0.2, 0) is 0 Å². The molecule has 0 radical (unpaired) electrons. The Labute approximate surface area is 145 Å². The summed E-state index contributed by atoms with van der Waals surface area (Å²) in [7, 11) is 0. The predicted octanol–water partition coefficient (Wildman–Crippen LogP) is 3.33. The molecular weight excluding hydrogens is 324 g/mol. The number of fused-ring (bicyclic) bond motifs is 1. The third kappa shape index (κ3) is 3.14. The van der Waals surface area contributed by atoms with E-state index in [4.69, 9.17) is 11.6 Å². The second kappa shape index (κ2) is 6.65. The average molecular weight is 343 g/mol. The van der Waals surface area contributed by atoms with Gasteiger partial charge in [-0.3, -0.25) is 0 Å². The van der Waals surface area contributed by atoms with E-state index in [0.29, 0.717) is 5.92 Å². The second-order valence-electron chi connectivity index (χ2n) is 6.14. The lowest BCUT2D eigenvalue weighted by Gasteiger charge is -2.33. The predicted molar refractivity (Wildman–Crippen MR) is 96.6 cm³/mol. The van der Waals surface area contributed by atoms with E-state index in [9.17, 15) is 0 Å². The van der Waals surface area contributed by atoms with E-state index in [1.54, 1.807) is 12.7 Å². The first-order valence-electron chi connectivity index (χ1n) is 8.18. The monoisotopic (exact) mass is 342 g/mol. The first kappa shape index (κ1) is 15.2. The molecule has 124 valence electrons. The highest BCUT2D eigenvalue weighted by atomic mass is 35.5. The average Bonchev–Trinajstić information content (AvgIpc) is 3.10. The Morgan fingerprint density at radius 3 is 2.96 bits per heavy atom. The fraction of sp³-hybridized carbons (Fsp3) is 0.353. The number of aromatic amines is 1. The van der Waals surface area contributed by atoms with Gasteiger partial charge in [0.15, 0.2) is 11.5 Å². The number of nitrogens with zero attached hydrogens (tertiary/aromatic N) is 4. The number of hydrogen-bond acceptors (Lipinski definition) is 5. The van der Waals surface area contributed by atoms with Gasteiger partial charge in [-0.2, -0.15) is 0 Å². The smallest absolute Gasteiger partial charge is 0.182 e. The fourth-order valence-corrected chi connectivity index (χ4v) is 3.37. The number of hydrogen-bond donors (Lipinski definition) is 2. The molecular formula is C17H19ClN6. The lowest BCUT2D eigenvalue weighted by atomic mass is 9.98. The van der Waals surface area contributed by atoms with Crippen molar-refractivity contribution in [3.05, 3.63) is 41.9 Å². The summed E-state index contributed by atoms with van der Waals surface area (Å²) in [5, 5.41) is 4.27. The van der Waals surface area contributed by atoms with Gasteiger partial charge in [0.1, 0.15) is 11.8 Å². The van der Waals surface area contributed by atoms with Crippen molar-refractivity contribution >= 4 is 34.3 Å². The molecule has 6 nitrogen and oxygen atoms in total. The quantitative estimate of drug-likeness (QED) is 0.761. The van der Waals surface area contributed by atoms with E-state index in [1.807, 2.05) is 24.3 Å². The first-order chi connectivity index (χ1) is 11.8. The normalized spacial score (nSPS) is 18.0. The van der Waals surface area contributed by atoms with E-state index in [0.717, 1.165) is 53.7 Å². The summed E-state index contributed by atoms with van der Waals surface area (Å²) in [6.45, 7) is 2.93. The van der Waals surface area contributed by atoms with Gasteiger partial charge in [0.2, 0.25) is 0 Å². The molecule has 7 heteroatoms. The molecule has 1 saturated heterocycles. The standard InChI is InChI=1S/C17H19ClN6/c18-13-3-5-14(6-4-13)19-8-12-2-1-7-24(9-12)17-15-16(21-10-20-15)22-11-23-17/h3-6,10-12,19H,1-2,7-9H2,(H,20,21,22,23). The third-order valence-corrected chi connectivity index (χ3v) is 4.71. The molecule has 1 fully saturated rings. The van der Waals surface area contributed by atoms with Crippen LogP contribution in [0.3, 0.4) is 0 Å². The number of H-pyrrole nitrogens is 1. The van der Waals surface area contributed by atoms with Crippen LogP contribution in [0.4, 0.5) is 11.5 Å². The number of nitrogens with one attached hydrogen (secondary N) is 2. The summed E-state index contributed by atoms with van der Waals surface area (Å²) in [6, 6.07) is 7.85. The van der Waals surface area contributed by atoms with Crippen molar-refractivity contribution in [1.82, 2.24) is 19.9 Å². The molecule has 1 aliphatic rings. The van der Waals surface area contributed by atoms with Gasteiger partial charge >= 0.3 is 0 Å². The van der Waals surface area contributed by atoms with Crippen molar-refractivity contribution in [2.45, 2.75) is 12.8 Å². The van der Waals surface area contributed by atoms with Crippen molar-refractivity contribution in [2.75, 3.05) is 29.9 Å². The molecule has 1 aromatic carbocycles. The molecule has 1 unspecified atom stereocenters. The second-order valence-corrected chi connectivity index (χ2v) is 6.58. The maximum atomic E-state index is 5.93. The Hall–Kier alpha value is -2.34. The molecule has 0 aliphatic carbocycles. The van der Waals surface area contributed by atoms with Crippen LogP contribution >= 0.6 is 11.6 Å². The van der Waals surface area contributed by atoms with Gasteiger partial charge in [0.25, 0.3) is 0 Å². The van der Waals surface area contributed by atoms with Crippen molar-refractivity contribution in [2.24, 2.45) is 5.92 Å². The zero-order valence-corrected chi connectivity index (χ0v) is 14.0. The molecule has 2 aromatic heterocycles. The molecule has 0 spiro atoms. The Morgan fingerprint density at radius 2 is 2.08 bits per heavy atom. The summed E-state index contributed by atoms with van der Waals surface area (Å²) in [4.78, 5) is 18.4. The minimum Gasteiger partial charge on any atom is -0.385 e. The molecule has 3 aromatic rings. The molecule has 3 heterocycles. The van der Waals surface area contributed by atoms with Crippen molar-refractivity contribution in [1.29, 1.82) is 0 Å². The van der Waals surface area contributed by atoms with Crippen LogP contribution in [0.5, 0.6) is 0 Å². The number of rotatable bonds is 4. The van der Waals surface area contributed by atoms with E-state index >= 15 is 0 Å². The Morgan fingerprint density at radius 1 is 1.21 bits per heavy atom. The van der Waals surface area contributed by atoms with Gasteiger partial charge in [0, 0.05) is 30.3 Å².